The standard InChI is InChI=1S/C20H20N8O6/c1-25-13-14(26(2)20(33)27(3)17(13)31)22-18(25)24-21-9-12-15(29)23-19(32)28(16(12)30)10-5-7-11(34-4)8-6-10/h5-9,30H,1-4H3,(H,22,24)(H,23,29,32). The lowest BCUT2D eigenvalue weighted by Crippen LogP contribution is -2.37. The Balaban J connectivity index is 1.74. The second kappa shape index (κ2) is 8.23. The highest BCUT2D eigenvalue weighted by Gasteiger charge is 2.17. The Hall–Kier alpha value is -4.88. The van der Waals surface area contributed by atoms with E-state index in [1.807, 2.05) is 0 Å². The van der Waals surface area contributed by atoms with Crippen LogP contribution in [0.4, 0.5) is 5.95 Å². The molecule has 0 saturated heterocycles. The van der Waals surface area contributed by atoms with E-state index in [0.29, 0.717) is 5.75 Å². The van der Waals surface area contributed by atoms with Crippen molar-refractivity contribution >= 4 is 23.3 Å². The Kier molecular flexibility index (Phi) is 5.40. The number of nitrogens with zero attached hydrogens (tertiary/aromatic N) is 6. The lowest BCUT2D eigenvalue weighted by molar-refractivity contribution is 0.414. The summed E-state index contributed by atoms with van der Waals surface area (Å²) in [6.07, 6.45) is 1.00. The number of ether oxygens (including phenoxy) is 1. The molecule has 176 valence electrons. The van der Waals surface area contributed by atoms with Crippen molar-refractivity contribution < 1.29 is 9.84 Å². The molecule has 0 aliphatic carbocycles. The molecule has 0 fully saturated rings. The molecule has 3 N–H and O–H groups in total. The Morgan fingerprint density at radius 1 is 1.06 bits per heavy atom. The van der Waals surface area contributed by atoms with Crippen molar-refractivity contribution in [3.8, 4) is 17.3 Å². The summed E-state index contributed by atoms with van der Waals surface area (Å²) >= 11 is 0. The second-order valence-corrected chi connectivity index (χ2v) is 7.27. The number of aromatic amines is 1. The topological polar surface area (TPSA) is 171 Å². The number of benzene rings is 1. The molecule has 4 rings (SSSR count). The van der Waals surface area contributed by atoms with Crippen LogP contribution in [0.1, 0.15) is 5.56 Å². The molecule has 14 heteroatoms. The fourth-order valence-electron chi connectivity index (χ4n) is 3.40. The lowest BCUT2D eigenvalue weighted by Gasteiger charge is -2.10. The normalized spacial score (nSPS) is 11.4. The fourth-order valence-corrected chi connectivity index (χ4v) is 3.40. The van der Waals surface area contributed by atoms with Gasteiger partial charge in [-0.15, -0.1) is 0 Å². The van der Waals surface area contributed by atoms with E-state index < -0.39 is 28.4 Å². The van der Waals surface area contributed by atoms with Crippen LogP contribution in [0.25, 0.3) is 16.9 Å². The van der Waals surface area contributed by atoms with Gasteiger partial charge in [0.15, 0.2) is 11.2 Å². The zero-order valence-corrected chi connectivity index (χ0v) is 18.6. The van der Waals surface area contributed by atoms with E-state index in [2.05, 4.69) is 20.5 Å². The van der Waals surface area contributed by atoms with Gasteiger partial charge in [0.2, 0.25) is 11.8 Å². The van der Waals surface area contributed by atoms with Gasteiger partial charge >= 0.3 is 11.4 Å². The largest absolute Gasteiger partial charge is 0.497 e. The Labute approximate surface area is 189 Å². The van der Waals surface area contributed by atoms with Crippen LogP contribution in [0.5, 0.6) is 11.6 Å². The van der Waals surface area contributed by atoms with E-state index in [-0.39, 0.29) is 28.4 Å². The van der Waals surface area contributed by atoms with Gasteiger partial charge < -0.3 is 14.4 Å². The molecule has 1 aromatic carbocycles. The molecule has 34 heavy (non-hydrogen) atoms. The number of hydrogen-bond donors (Lipinski definition) is 3. The third kappa shape index (κ3) is 3.46. The number of fused-ring (bicyclic) bond motifs is 1. The summed E-state index contributed by atoms with van der Waals surface area (Å²) in [5.41, 5.74) is 0.0868. The van der Waals surface area contributed by atoms with Crippen molar-refractivity contribution in [2.45, 2.75) is 0 Å². The predicted molar refractivity (Wildman–Crippen MR) is 123 cm³/mol. The quantitative estimate of drug-likeness (QED) is 0.247. The second-order valence-electron chi connectivity index (χ2n) is 7.27. The van der Waals surface area contributed by atoms with E-state index in [9.17, 15) is 24.3 Å². The van der Waals surface area contributed by atoms with Crippen molar-refractivity contribution in [2.75, 3.05) is 12.5 Å². The first-order valence-corrected chi connectivity index (χ1v) is 9.80. The highest BCUT2D eigenvalue weighted by molar-refractivity contribution is 5.83. The van der Waals surface area contributed by atoms with Gasteiger partial charge in [0.1, 0.15) is 11.3 Å². The van der Waals surface area contributed by atoms with Crippen molar-refractivity contribution in [1.82, 2.24) is 28.2 Å². The van der Waals surface area contributed by atoms with Crippen molar-refractivity contribution in [3.05, 3.63) is 71.5 Å². The van der Waals surface area contributed by atoms with Crippen molar-refractivity contribution in [3.63, 3.8) is 0 Å². The third-order valence-electron chi connectivity index (χ3n) is 5.29. The Morgan fingerprint density at radius 3 is 2.38 bits per heavy atom. The minimum Gasteiger partial charge on any atom is -0.497 e. The van der Waals surface area contributed by atoms with E-state index in [1.165, 1.54) is 42.5 Å². The van der Waals surface area contributed by atoms with E-state index in [0.717, 1.165) is 15.3 Å². The summed E-state index contributed by atoms with van der Waals surface area (Å²) in [5.74, 6) is 0.0103. The fraction of sp³-hybridized carbons (Fsp3) is 0.200. The third-order valence-corrected chi connectivity index (χ3v) is 5.29. The molecule has 4 aromatic rings. The monoisotopic (exact) mass is 468 g/mol. The van der Waals surface area contributed by atoms with Crippen molar-refractivity contribution in [1.29, 1.82) is 0 Å². The number of aromatic nitrogens is 6. The molecule has 3 heterocycles. The molecule has 0 saturated carbocycles. The van der Waals surface area contributed by atoms with Crippen LogP contribution in [-0.4, -0.2) is 46.7 Å². The van der Waals surface area contributed by atoms with Crippen molar-refractivity contribution in [2.24, 2.45) is 26.2 Å². The summed E-state index contributed by atoms with van der Waals surface area (Å²) in [6, 6.07) is 6.24. The van der Waals surface area contributed by atoms with Crippen LogP contribution >= 0.6 is 0 Å². The number of imidazole rings is 1. The maximum absolute atomic E-state index is 12.5. The zero-order valence-electron chi connectivity index (χ0n) is 18.6. The first-order chi connectivity index (χ1) is 16.1. The summed E-state index contributed by atoms with van der Waals surface area (Å²) < 4.78 is 9.55. The van der Waals surface area contributed by atoms with Crippen LogP contribution in [0.2, 0.25) is 0 Å². The van der Waals surface area contributed by atoms with Gasteiger partial charge in [-0.25, -0.2) is 19.6 Å². The van der Waals surface area contributed by atoms with Crippen LogP contribution in [0, 0.1) is 0 Å². The molecule has 0 spiro atoms. The van der Waals surface area contributed by atoms with Gasteiger partial charge in [-0.3, -0.25) is 23.7 Å². The minimum absolute atomic E-state index is 0.101. The number of aryl methyl sites for hydroxylation is 2. The highest BCUT2D eigenvalue weighted by atomic mass is 16.5. The summed E-state index contributed by atoms with van der Waals surface area (Å²) in [7, 11) is 5.87. The smallest absolute Gasteiger partial charge is 0.335 e. The first kappa shape index (κ1) is 22.3. The molecule has 0 aliphatic heterocycles. The molecule has 3 aromatic heterocycles. The predicted octanol–water partition coefficient (Wildman–Crippen LogP) is -1.03. The highest BCUT2D eigenvalue weighted by Crippen LogP contribution is 2.19. The molecule has 0 aliphatic rings. The number of H-pyrrole nitrogens is 1. The molecule has 0 unspecified atom stereocenters. The SMILES string of the molecule is COc1ccc(-n2c(O)c(C=NNc3nc4c(c(=O)n(C)c(=O)n4C)n3C)c(=O)[nH]c2=O)cc1. The van der Waals surface area contributed by atoms with Gasteiger partial charge in [-0.2, -0.15) is 10.1 Å². The average molecular weight is 468 g/mol. The van der Waals surface area contributed by atoms with Gasteiger partial charge in [0, 0.05) is 21.1 Å². The average Bonchev–Trinajstić information content (AvgIpc) is 3.15. The molecule has 0 amide bonds. The van der Waals surface area contributed by atoms with Gasteiger partial charge in [-0.05, 0) is 24.3 Å². The lowest BCUT2D eigenvalue weighted by atomic mass is 10.2. The molecule has 0 radical (unpaired) electrons. The van der Waals surface area contributed by atoms with Gasteiger partial charge in [0.05, 0.1) is 19.0 Å². The summed E-state index contributed by atoms with van der Waals surface area (Å²) in [6.45, 7) is 0. The van der Waals surface area contributed by atoms with Crippen LogP contribution in [0.15, 0.2) is 48.5 Å². The minimum atomic E-state index is -0.862. The number of hydrogen-bond acceptors (Lipinski definition) is 9. The number of anilines is 1. The van der Waals surface area contributed by atoms with Gasteiger partial charge in [-0.1, -0.05) is 0 Å². The van der Waals surface area contributed by atoms with E-state index in [1.54, 1.807) is 19.2 Å². The number of nitrogens with one attached hydrogen (secondary N) is 2. The zero-order chi connectivity index (χ0) is 24.7. The molecule has 0 bridgehead atoms. The van der Waals surface area contributed by atoms with E-state index >= 15 is 0 Å². The summed E-state index contributed by atoms with van der Waals surface area (Å²) in [4.78, 5) is 55.5. The Morgan fingerprint density at radius 2 is 1.74 bits per heavy atom. The molecule has 14 nitrogen and oxygen atoms in total. The summed E-state index contributed by atoms with van der Waals surface area (Å²) in [5, 5.41) is 14.5. The van der Waals surface area contributed by atoms with E-state index in [4.69, 9.17) is 4.74 Å². The molecular formula is C20H20N8O6. The van der Waals surface area contributed by atoms with Gasteiger partial charge in [0.25, 0.3) is 11.1 Å². The van der Waals surface area contributed by atoms with Crippen LogP contribution in [-0.2, 0) is 21.1 Å². The number of hydrazone groups is 1. The maximum atomic E-state index is 12.5. The van der Waals surface area contributed by atoms with Crippen LogP contribution in [0.3, 0.4) is 0 Å². The molecular weight excluding hydrogens is 448 g/mol. The van der Waals surface area contributed by atoms with Crippen LogP contribution < -0.4 is 32.7 Å². The number of rotatable bonds is 5. The number of aromatic hydroxyl groups is 1. The Bertz CT molecular complexity index is 1680. The number of methoxy groups -OCH3 is 1. The molecule has 0 atom stereocenters. The first-order valence-electron chi connectivity index (χ1n) is 9.80. The maximum Gasteiger partial charge on any atom is 0.335 e.